The molecule has 0 radical (unpaired) electrons. The third-order valence-corrected chi connectivity index (χ3v) is 4.40. The van der Waals surface area contributed by atoms with Crippen molar-refractivity contribution in [3.63, 3.8) is 0 Å². The van der Waals surface area contributed by atoms with E-state index in [1.54, 1.807) is 25.1 Å². The summed E-state index contributed by atoms with van der Waals surface area (Å²) in [5.74, 6) is -1.05. The Balaban J connectivity index is 1.95. The second-order valence-electron chi connectivity index (χ2n) is 6.18. The maximum atomic E-state index is 12.2. The van der Waals surface area contributed by atoms with Crippen LogP contribution >= 0.6 is 0 Å². The van der Waals surface area contributed by atoms with E-state index in [2.05, 4.69) is 10.2 Å². The Morgan fingerprint density at radius 3 is 2.41 bits per heavy atom. The van der Waals surface area contributed by atoms with E-state index in [1.807, 2.05) is 48.5 Å². The first-order chi connectivity index (χ1) is 13.1. The fourth-order valence-corrected chi connectivity index (χ4v) is 3.07. The van der Waals surface area contributed by atoms with Gasteiger partial charge in [-0.2, -0.15) is 10.5 Å². The van der Waals surface area contributed by atoms with Gasteiger partial charge in [-0.3, -0.25) is 9.89 Å². The number of aryl methyl sites for hydroxylation is 1. The molecular formula is C21H18N4O2. The van der Waals surface area contributed by atoms with Crippen molar-refractivity contribution in [1.29, 1.82) is 10.5 Å². The van der Waals surface area contributed by atoms with E-state index in [0.29, 0.717) is 29.2 Å². The average molecular weight is 358 g/mol. The Bertz CT molecular complexity index is 1040. The minimum absolute atomic E-state index is 0.330. The molecule has 1 atom stereocenters. The molecule has 0 aliphatic heterocycles. The van der Waals surface area contributed by atoms with Crippen LogP contribution in [0.2, 0.25) is 0 Å². The van der Waals surface area contributed by atoms with Crippen LogP contribution in [0.5, 0.6) is 5.75 Å². The average Bonchev–Trinajstić information content (AvgIpc) is 3.03. The van der Waals surface area contributed by atoms with Crippen molar-refractivity contribution in [1.82, 2.24) is 10.2 Å². The molecule has 3 aromatic rings. The first kappa shape index (κ1) is 18.0. The standard InChI is InChI=1S/C21H18N4O2/c1-14-19(21(26)25-24-14)20(17(11-22)12-23)16-8-5-9-18(10-16)27-13-15-6-3-2-4-7-15/h2-10,17,20H,13H2,1H3,(H2,24,25,26). The molecule has 6 nitrogen and oxygen atoms in total. The van der Waals surface area contributed by atoms with Gasteiger partial charge in [0.2, 0.25) is 0 Å². The largest absolute Gasteiger partial charge is 0.489 e. The lowest BCUT2D eigenvalue weighted by Gasteiger charge is -2.18. The van der Waals surface area contributed by atoms with Crippen LogP contribution in [0.25, 0.3) is 0 Å². The molecule has 6 heteroatoms. The van der Waals surface area contributed by atoms with Gasteiger partial charge >= 0.3 is 0 Å². The van der Waals surface area contributed by atoms with Gasteiger partial charge in [-0.1, -0.05) is 42.5 Å². The van der Waals surface area contributed by atoms with E-state index in [-0.39, 0.29) is 5.56 Å². The molecule has 0 saturated carbocycles. The molecule has 0 amide bonds. The zero-order chi connectivity index (χ0) is 19.2. The molecule has 1 heterocycles. The summed E-state index contributed by atoms with van der Waals surface area (Å²) in [6.07, 6.45) is 0. The Morgan fingerprint density at radius 1 is 1.04 bits per heavy atom. The number of hydrogen-bond acceptors (Lipinski definition) is 4. The molecular weight excluding hydrogens is 340 g/mol. The third-order valence-electron chi connectivity index (χ3n) is 4.40. The van der Waals surface area contributed by atoms with Gasteiger partial charge in [0.05, 0.1) is 12.1 Å². The van der Waals surface area contributed by atoms with Crippen LogP contribution in [-0.4, -0.2) is 10.2 Å². The first-order valence-corrected chi connectivity index (χ1v) is 8.47. The van der Waals surface area contributed by atoms with Crippen molar-refractivity contribution >= 4 is 0 Å². The molecule has 0 bridgehead atoms. The van der Waals surface area contributed by atoms with E-state index in [0.717, 1.165) is 5.56 Å². The zero-order valence-electron chi connectivity index (χ0n) is 14.8. The lowest BCUT2D eigenvalue weighted by Crippen LogP contribution is -2.19. The maximum Gasteiger partial charge on any atom is 0.268 e. The highest BCUT2D eigenvalue weighted by molar-refractivity contribution is 5.41. The summed E-state index contributed by atoms with van der Waals surface area (Å²) in [4.78, 5) is 12.2. The van der Waals surface area contributed by atoms with Crippen LogP contribution in [-0.2, 0) is 6.61 Å². The van der Waals surface area contributed by atoms with Crippen LogP contribution in [0.1, 0.15) is 28.3 Å². The molecule has 0 spiro atoms. The molecule has 2 N–H and O–H groups in total. The Morgan fingerprint density at radius 2 is 1.78 bits per heavy atom. The predicted molar refractivity (Wildman–Crippen MR) is 99.9 cm³/mol. The number of hydrogen-bond donors (Lipinski definition) is 2. The summed E-state index contributed by atoms with van der Waals surface area (Å²) in [6, 6.07) is 20.9. The molecule has 2 aromatic carbocycles. The van der Waals surface area contributed by atoms with E-state index in [9.17, 15) is 15.3 Å². The van der Waals surface area contributed by atoms with E-state index >= 15 is 0 Å². The highest BCUT2D eigenvalue weighted by Crippen LogP contribution is 2.33. The minimum Gasteiger partial charge on any atom is -0.489 e. The van der Waals surface area contributed by atoms with Gasteiger partial charge in [0.15, 0.2) is 0 Å². The van der Waals surface area contributed by atoms with E-state index in [1.165, 1.54) is 0 Å². The molecule has 0 saturated heterocycles. The monoisotopic (exact) mass is 358 g/mol. The van der Waals surface area contributed by atoms with Gasteiger partial charge in [0.25, 0.3) is 5.56 Å². The van der Waals surface area contributed by atoms with Crippen LogP contribution in [0.15, 0.2) is 59.4 Å². The van der Waals surface area contributed by atoms with Crippen molar-refractivity contribution in [2.75, 3.05) is 0 Å². The molecule has 134 valence electrons. The van der Waals surface area contributed by atoms with E-state index < -0.39 is 11.8 Å². The van der Waals surface area contributed by atoms with Crippen LogP contribution in [0.3, 0.4) is 0 Å². The number of benzene rings is 2. The SMILES string of the molecule is Cc1[nH][nH]c(=O)c1C(c1cccc(OCc2ccccc2)c1)C(C#N)C#N. The molecule has 27 heavy (non-hydrogen) atoms. The first-order valence-electron chi connectivity index (χ1n) is 8.47. The Labute approximate surface area is 156 Å². The summed E-state index contributed by atoms with van der Waals surface area (Å²) < 4.78 is 5.85. The van der Waals surface area contributed by atoms with Gasteiger partial charge < -0.3 is 9.84 Å². The number of aromatic nitrogens is 2. The lowest BCUT2D eigenvalue weighted by atomic mass is 9.82. The van der Waals surface area contributed by atoms with Gasteiger partial charge in [0.1, 0.15) is 18.3 Å². The van der Waals surface area contributed by atoms with E-state index in [4.69, 9.17) is 4.74 Å². The van der Waals surface area contributed by atoms with Crippen molar-refractivity contribution in [2.24, 2.45) is 5.92 Å². The molecule has 0 aliphatic carbocycles. The number of rotatable bonds is 6. The van der Waals surface area contributed by atoms with Crippen molar-refractivity contribution in [3.8, 4) is 17.9 Å². The smallest absolute Gasteiger partial charge is 0.268 e. The molecule has 1 aromatic heterocycles. The maximum absolute atomic E-state index is 12.2. The van der Waals surface area contributed by atoms with Gasteiger partial charge in [-0.05, 0) is 30.2 Å². The quantitative estimate of drug-likeness (QED) is 0.704. The molecule has 0 aliphatic rings. The van der Waals surface area contributed by atoms with Crippen molar-refractivity contribution in [2.45, 2.75) is 19.4 Å². The Hall–Kier alpha value is -3.77. The van der Waals surface area contributed by atoms with Crippen molar-refractivity contribution < 1.29 is 4.74 Å². The fourth-order valence-electron chi connectivity index (χ4n) is 3.07. The van der Waals surface area contributed by atoms with Crippen LogP contribution < -0.4 is 10.3 Å². The third kappa shape index (κ3) is 3.91. The van der Waals surface area contributed by atoms with Crippen LogP contribution in [0, 0.1) is 35.5 Å². The number of nitrogens with one attached hydrogen (secondary N) is 2. The molecule has 1 unspecified atom stereocenters. The number of H-pyrrole nitrogens is 2. The number of ether oxygens (including phenoxy) is 1. The summed E-state index contributed by atoms with van der Waals surface area (Å²) >= 11 is 0. The van der Waals surface area contributed by atoms with Crippen molar-refractivity contribution in [3.05, 3.63) is 87.3 Å². The summed E-state index contributed by atoms with van der Waals surface area (Å²) in [5, 5.41) is 24.2. The topological polar surface area (TPSA) is 105 Å². The second kappa shape index (κ2) is 8.07. The van der Waals surface area contributed by atoms with Gasteiger partial charge in [-0.25, -0.2) is 0 Å². The van der Waals surface area contributed by atoms with Gasteiger partial charge in [0, 0.05) is 17.2 Å². The fraction of sp³-hybridized carbons (Fsp3) is 0.190. The van der Waals surface area contributed by atoms with Gasteiger partial charge in [-0.15, -0.1) is 0 Å². The summed E-state index contributed by atoms with van der Waals surface area (Å²) in [5.41, 5.74) is 2.38. The highest BCUT2D eigenvalue weighted by atomic mass is 16.5. The summed E-state index contributed by atoms with van der Waals surface area (Å²) in [7, 11) is 0. The normalized spacial score (nSPS) is 11.6. The zero-order valence-corrected chi connectivity index (χ0v) is 14.8. The summed E-state index contributed by atoms with van der Waals surface area (Å²) in [6.45, 7) is 2.14. The second-order valence-corrected chi connectivity index (χ2v) is 6.18. The number of nitrogens with zero attached hydrogens (tertiary/aromatic N) is 2. The highest BCUT2D eigenvalue weighted by Gasteiger charge is 2.30. The van der Waals surface area contributed by atoms with Crippen LogP contribution in [0.4, 0.5) is 0 Å². The molecule has 3 rings (SSSR count). The predicted octanol–water partition coefficient (Wildman–Crippen LogP) is 3.39. The Kier molecular flexibility index (Phi) is 5.39. The minimum atomic E-state index is -0.995. The number of nitriles is 2. The number of aromatic amines is 2. The lowest BCUT2D eigenvalue weighted by molar-refractivity contribution is 0.305. The molecule has 0 fully saturated rings.